The molecule has 1 aromatic heterocycles. The number of nitrogens with zero attached hydrogens (tertiary/aromatic N) is 1. The third kappa shape index (κ3) is 1.18. The second kappa shape index (κ2) is 2.94. The van der Waals surface area contributed by atoms with Crippen molar-refractivity contribution in [3.8, 4) is 5.75 Å². The maximum Gasteiger partial charge on any atom is 0.131 e. The van der Waals surface area contributed by atoms with Crippen LogP contribution in [0, 0.1) is 0 Å². The van der Waals surface area contributed by atoms with E-state index in [0.717, 1.165) is 16.5 Å². The van der Waals surface area contributed by atoms with Crippen LogP contribution in [0.15, 0.2) is 30.5 Å². The van der Waals surface area contributed by atoms with E-state index in [2.05, 4.69) is 4.98 Å². The molecule has 3 nitrogen and oxygen atoms in total. The van der Waals surface area contributed by atoms with Crippen LogP contribution >= 0.6 is 0 Å². The first-order valence-electron chi connectivity index (χ1n) is 4.00. The molecule has 0 spiro atoms. The van der Waals surface area contributed by atoms with E-state index in [9.17, 15) is 0 Å². The number of methoxy groups -OCH3 is 1. The van der Waals surface area contributed by atoms with Gasteiger partial charge in [-0.3, -0.25) is 0 Å². The summed E-state index contributed by atoms with van der Waals surface area (Å²) in [5.41, 5.74) is 5.71. The summed E-state index contributed by atoms with van der Waals surface area (Å²) in [6.45, 7) is 0. The minimum atomic E-state index is 0.538. The van der Waals surface area contributed by atoms with Crippen LogP contribution in [0.2, 0.25) is 0 Å². The first kappa shape index (κ1) is 7.86. The molecule has 0 fully saturated rings. The fourth-order valence-electron chi connectivity index (χ4n) is 1.38. The number of rotatable bonds is 1. The number of hydrogen-bond acceptors (Lipinski definition) is 3. The van der Waals surface area contributed by atoms with Gasteiger partial charge in [0, 0.05) is 17.0 Å². The van der Waals surface area contributed by atoms with Gasteiger partial charge in [0.25, 0.3) is 0 Å². The number of hydrogen-bond donors (Lipinski definition) is 1. The maximum absolute atomic E-state index is 5.71. The van der Waals surface area contributed by atoms with Crippen LogP contribution in [-0.2, 0) is 0 Å². The van der Waals surface area contributed by atoms with Crippen molar-refractivity contribution in [2.45, 2.75) is 0 Å². The Morgan fingerprint density at radius 1 is 1.23 bits per heavy atom. The summed E-state index contributed by atoms with van der Waals surface area (Å²) in [7, 11) is 1.64. The average molecular weight is 174 g/mol. The molecule has 0 radical (unpaired) electrons. The Morgan fingerprint density at radius 2 is 2.08 bits per heavy atom. The van der Waals surface area contributed by atoms with E-state index in [-0.39, 0.29) is 0 Å². The molecule has 66 valence electrons. The van der Waals surface area contributed by atoms with Crippen LogP contribution in [-0.4, -0.2) is 12.1 Å². The van der Waals surface area contributed by atoms with E-state index < -0.39 is 0 Å². The number of anilines is 1. The van der Waals surface area contributed by atoms with Gasteiger partial charge in [0.2, 0.25) is 0 Å². The Labute approximate surface area is 76.2 Å². The molecule has 0 aliphatic heterocycles. The molecule has 0 saturated carbocycles. The van der Waals surface area contributed by atoms with Crippen molar-refractivity contribution < 1.29 is 4.74 Å². The van der Waals surface area contributed by atoms with Crippen molar-refractivity contribution in [3.05, 3.63) is 30.5 Å². The van der Waals surface area contributed by atoms with E-state index in [1.807, 2.05) is 24.3 Å². The molecule has 0 saturated heterocycles. The predicted octanol–water partition coefficient (Wildman–Crippen LogP) is 1.83. The van der Waals surface area contributed by atoms with Crippen molar-refractivity contribution in [1.29, 1.82) is 0 Å². The SMILES string of the molecule is COc1cccc2c(N)nccc12. The zero-order valence-electron chi connectivity index (χ0n) is 7.32. The Morgan fingerprint density at radius 3 is 2.85 bits per heavy atom. The van der Waals surface area contributed by atoms with Crippen molar-refractivity contribution in [1.82, 2.24) is 4.98 Å². The van der Waals surface area contributed by atoms with E-state index in [1.165, 1.54) is 0 Å². The second-order valence-electron chi connectivity index (χ2n) is 2.75. The molecule has 2 N–H and O–H groups in total. The minimum Gasteiger partial charge on any atom is -0.496 e. The maximum atomic E-state index is 5.71. The fourth-order valence-corrected chi connectivity index (χ4v) is 1.38. The topological polar surface area (TPSA) is 48.1 Å². The van der Waals surface area contributed by atoms with Gasteiger partial charge in [0.15, 0.2) is 0 Å². The quantitative estimate of drug-likeness (QED) is 0.717. The number of fused-ring (bicyclic) bond motifs is 1. The van der Waals surface area contributed by atoms with Crippen LogP contribution in [0.5, 0.6) is 5.75 Å². The zero-order valence-corrected chi connectivity index (χ0v) is 7.32. The first-order chi connectivity index (χ1) is 6.33. The van der Waals surface area contributed by atoms with Gasteiger partial charge >= 0.3 is 0 Å². The van der Waals surface area contributed by atoms with Gasteiger partial charge in [-0.25, -0.2) is 4.98 Å². The Balaban J connectivity index is 2.84. The molecule has 2 rings (SSSR count). The van der Waals surface area contributed by atoms with Gasteiger partial charge in [0.1, 0.15) is 11.6 Å². The summed E-state index contributed by atoms with van der Waals surface area (Å²) >= 11 is 0. The average Bonchev–Trinajstić information content (AvgIpc) is 2.18. The molecule has 0 aliphatic rings. The van der Waals surface area contributed by atoms with Crippen LogP contribution in [0.1, 0.15) is 0 Å². The Bertz CT molecular complexity index is 440. The van der Waals surface area contributed by atoms with Crippen molar-refractivity contribution >= 4 is 16.6 Å². The highest BCUT2D eigenvalue weighted by molar-refractivity contribution is 5.94. The molecular formula is C10H10N2O. The van der Waals surface area contributed by atoms with Gasteiger partial charge in [-0.2, -0.15) is 0 Å². The van der Waals surface area contributed by atoms with Crippen LogP contribution < -0.4 is 10.5 Å². The summed E-state index contributed by atoms with van der Waals surface area (Å²) in [5.74, 6) is 1.36. The van der Waals surface area contributed by atoms with E-state index in [4.69, 9.17) is 10.5 Å². The minimum absolute atomic E-state index is 0.538. The smallest absolute Gasteiger partial charge is 0.131 e. The predicted molar refractivity (Wildman–Crippen MR) is 52.7 cm³/mol. The van der Waals surface area contributed by atoms with E-state index >= 15 is 0 Å². The van der Waals surface area contributed by atoms with Crippen molar-refractivity contribution in [3.63, 3.8) is 0 Å². The van der Waals surface area contributed by atoms with Gasteiger partial charge in [0.05, 0.1) is 7.11 Å². The highest BCUT2D eigenvalue weighted by Gasteiger charge is 2.02. The second-order valence-corrected chi connectivity index (χ2v) is 2.75. The molecule has 0 amide bonds. The van der Waals surface area contributed by atoms with Crippen LogP contribution in [0.3, 0.4) is 0 Å². The summed E-state index contributed by atoms with van der Waals surface area (Å²) in [5, 5.41) is 1.93. The Hall–Kier alpha value is -1.77. The van der Waals surface area contributed by atoms with E-state index in [0.29, 0.717) is 5.82 Å². The summed E-state index contributed by atoms with van der Waals surface area (Å²) in [6.07, 6.45) is 1.68. The molecule has 0 bridgehead atoms. The number of nitrogen functional groups attached to an aromatic ring is 1. The lowest BCUT2D eigenvalue weighted by Crippen LogP contribution is -1.92. The first-order valence-corrected chi connectivity index (χ1v) is 4.00. The molecule has 1 aromatic carbocycles. The van der Waals surface area contributed by atoms with Crippen LogP contribution in [0.25, 0.3) is 10.8 Å². The highest BCUT2D eigenvalue weighted by Crippen LogP contribution is 2.27. The molecule has 2 aromatic rings. The molecule has 0 unspecified atom stereocenters. The summed E-state index contributed by atoms with van der Waals surface area (Å²) in [4.78, 5) is 4.00. The lowest BCUT2D eigenvalue weighted by Gasteiger charge is -2.05. The number of nitrogens with two attached hydrogens (primary N) is 1. The zero-order chi connectivity index (χ0) is 9.26. The van der Waals surface area contributed by atoms with E-state index in [1.54, 1.807) is 13.3 Å². The third-order valence-electron chi connectivity index (χ3n) is 2.02. The number of pyridine rings is 1. The number of benzene rings is 1. The lowest BCUT2D eigenvalue weighted by atomic mass is 10.1. The fraction of sp³-hybridized carbons (Fsp3) is 0.100. The highest BCUT2D eigenvalue weighted by atomic mass is 16.5. The molecule has 3 heteroatoms. The molecule has 0 aliphatic carbocycles. The normalized spacial score (nSPS) is 10.2. The van der Waals surface area contributed by atoms with Crippen molar-refractivity contribution in [2.24, 2.45) is 0 Å². The molecule has 1 heterocycles. The third-order valence-corrected chi connectivity index (χ3v) is 2.02. The molecule has 13 heavy (non-hydrogen) atoms. The van der Waals surface area contributed by atoms with Gasteiger partial charge in [-0.1, -0.05) is 12.1 Å². The summed E-state index contributed by atoms with van der Waals surface area (Å²) < 4.78 is 5.20. The molecule has 0 atom stereocenters. The van der Waals surface area contributed by atoms with Crippen molar-refractivity contribution in [2.75, 3.05) is 12.8 Å². The number of aromatic nitrogens is 1. The van der Waals surface area contributed by atoms with Gasteiger partial charge < -0.3 is 10.5 Å². The summed E-state index contributed by atoms with van der Waals surface area (Å²) in [6, 6.07) is 7.63. The van der Waals surface area contributed by atoms with Gasteiger partial charge in [-0.15, -0.1) is 0 Å². The lowest BCUT2D eigenvalue weighted by molar-refractivity contribution is 0.420. The van der Waals surface area contributed by atoms with Gasteiger partial charge in [-0.05, 0) is 12.1 Å². The largest absolute Gasteiger partial charge is 0.496 e. The standard InChI is InChI=1S/C10H10N2O/c1-13-9-4-2-3-8-7(9)5-6-12-10(8)11/h2-6H,1H3,(H2,11,12). The number of ether oxygens (including phenoxy) is 1. The van der Waals surface area contributed by atoms with Crippen LogP contribution in [0.4, 0.5) is 5.82 Å². The Kier molecular flexibility index (Phi) is 1.77. The molecular weight excluding hydrogens is 164 g/mol. The monoisotopic (exact) mass is 174 g/mol.